The first-order valence-corrected chi connectivity index (χ1v) is 8.82. The minimum Gasteiger partial charge on any atom is -0.493 e. The van der Waals surface area contributed by atoms with E-state index in [-0.39, 0.29) is 0 Å². The molecule has 2 aromatic carbocycles. The molecule has 27 heavy (non-hydrogen) atoms. The van der Waals surface area contributed by atoms with E-state index in [0.29, 0.717) is 40.6 Å². The molecule has 1 unspecified atom stereocenters. The average molecular weight is 385 g/mol. The van der Waals surface area contributed by atoms with Crippen molar-refractivity contribution < 1.29 is 14.3 Å². The van der Waals surface area contributed by atoms with Crippen LogP contribution in [-0.2, 0) is 16.0 Å². The number of anilines is 1. The summed E-state index contributed by atoms with van der Waals surface area (Å²) >= 11 is 6.29. The Balaban J connectivity index is 2.53. The number of esters is 1. The van der Waals surface area contributed by atoms with Crippen molar-refractivity contribution in [2.24, 2.45) is 0 Å². The van der Waals surface area contributed by atoms with Gasteiger partial charge in [-0.05, 0) is 55.3 Å². The van der Waals surface area contributed by atoms with Crippen molar-refractivity contribution in [3.63, 3.8) is 0 Å². The van der Waals surface area contributed by atoms with Gasteiger partial charge in [-0.2, -0.15) is 5.26 Å². The van der Waals surface area contributed by atoms with Crippen LogP contribution in [0, 0.1) is 11.3 Å². The van der Waals surface area contributed by atoms with Crippen LogP contribution in [0.5, 0.6) is 5.75 Å². The van der Waals surface area contributed by atoms with Gasteiger partial charge in [0.05, 0.1) is 25.3 Å². The van der Waals surface area contributed by atoms with Gasteiger partial charge >= 0.3 is 5.97 Å². The summed E-state index contributed by atoms with van der Waals surface area (Å²) in [7, 11) is 1.32. The van der Waals surface area contributed by atoms with Gasteiger partial charge in [-0.3, -0.25) is 0 Å². The molecule has 1 atom stereocenters. The predicted octanol–water partition coefficient (Wildman–Crippen LogP) is 4.67. The molecule has 0 aromatic heterocycles. The van der Waals surface area contributed by atoms with Crippen molar-refractivity contribution in [1.82, 2.24) is 0 Å². The lowest BCUT2D eigenvalue weighted by atomic mass is 9.99. The highest BCUT2D eigenvalue weighted by molar-refractivity contribution is 6.30. The molecule has 0 saturated carbocycles. The maximum absolute atomic E-state index is 12.5. The third-order valence-electron chi connectivity index (χ3n) is 3.89. The number of hydrogen-bond acceptors (Lipinski definition) is 5. The Morgan fingerprint density at radius 1 is 1.37 bits per heavy atom. The maximum Gasteiger partial charge on any atom is 0.333 e. The van der Waals surface area contributed by atoms with Crippen molar-refractivity contribution in [2.75, 3.05) is 19.0 Å². The van der Waals surface area contributed by atoms with Crippen LogP contribution in [0.4, 0.5) is 5.69 Å². The van der Waals surface area contributed by atoms with Gasteiger partial charge in [0.1, 0.15) is 5.75 Å². The highest BCUT2D eigenvalue weighted by Gasteiger charge is 2.27. The summed E-state index contributed by atoms with van der Waals surface area (Å²) in [5.41, 5.74) is 2.61. The first-order chi connectivity index (χ1) is 13.0. The van der Waals surface area contributed by atoms with Crippen molar-refractivity contribution in [1.29, 1.82) is 5.26 Å². The molecule has 0 aliphatic carbocycles. The number of carbonyl (C=O) groups is 1. The molecule has 0 aliphatic heterocycles. The summed E-state index contributed by atoms with van der Waals surface area (Å²) in [6, 6.07) is 11.5. The summed E-state index contributed by atoms with van der Waals surface area (Å²) in [6.45, 7) is 6.07. The molecule has 0 heterocycles. The number of carbonyl (C=O) groups excluding carboxylic acids is 1. The lowest BCUT2D eigenvalue weighted by Crippen LogP contribution is -2.23. The molecule has 0 bridgehead atoms. The van der Waals surface area contributed by atoms with Gasteiger partial charge in [-0.25, -0.2) is 4.79 Å². The number of ether oxygens (including phenoxy) is 2. The van der Waals surface area contributed by atoms with Crippen LogP contribution in [-0.4, -0.2) is 19.7 Å². The van der Waals surface area contributed by atoms with Gasteiger partial charge < -0.3 is 14.8 Å². The topological polar surface area (TPSA) is 71.4 Å². The first kappa shape index (κ1) is 20.3. The van der Waals surface area contributed by atoms with E-state index in [1.807, 2.05) is 6.92 Å². The molecule has 140 valence electrons. The fraction of sp³-hybridized carbons (Fsp3) is 0.238. The Hall–Kier alpha value is -2.97. The van der Waals surface area contributed by atoms with Crippen molar-refractivity contribution in [3.05, 3.63) is 70.8 Å². The lowest BCUT2D eigenvalue weighted by molar-refractivity contribution is -0.141. The predicted molar refractivity (Wildman–Crippen MR) is 106 cm³/mol. The lowest BCUT2D eigenvalue weighted by Gasteiger charge is -2.23. The van der Waals surface area contributed by atoms with Crippen LogP contribution in [0.15, 0.2) is 49.1 Å². The summed E-state index contributed by atoms with van der Waals surface area (Å²) < 4.78 is 10.8. The summed E-state index contributed by atoms with van der Waals surface area (Å²) in [6.07, 6.45) is 2.30. The second kappa shape index (κ2) is 9.65. The van der Waals surface area contributed by atoms with Crippen molar-refractivity contribution in [3.8, 4) is 11.8 Å². The largest absolute Gasteiger partial charge is 0.493 e. The zero-order chi connectivity index (χ0) is 19.8. The van der Waals surface area contributed by atoms with E-state index in [1.54, 1.807) is 42.5 Å². The van der Waals surface area contributed by atoms with Crippen molar-refractivity contribution in [2.45, 2.75) is 19.4 Å². The van der Waals surface area contributed by atoms with Crippen LogP contribution in [0.2, 0.25) is 5.02 Å². The number of methoxy groups -OCH3 is 1. The second-order valence-corrected chi connectivity index (χ2v) is 6.14. The number of rotatable bonds is 8. The van der Waals surface area contributed by atoms with Crippen LogP contribution < -0.4 is 10.1 Å². The summed E-state index contributed by atoms with van der Waals surface area (Å²) in [5.74, 6) is 0.102. The Morgan fingerprint density at radius 3 is 2.63 bits per heavy atom. The van der Waals surface area contributed by atoms with Crippen molar-refractivity contribution >= 4 is 23.3 Å². The van der Waals surface area contributed by atoms with E-state index >= 15 is 0 Å². The number of benzene rings is 2. The maximum atomic E-state index is 12.5. The molecule has 0 fully saturated rings. The Labute approximate surface area is 164 Å². The van der Waals surface area contributed by atoms with E-state index in [9.17, 15) is 4.79 Å². The smallest absolute Gasteiger partial charge is 0.333 e. The first-order valence-electron chi connectivity index (χ1n) is 8.44. The number of nitrogens with one attached hydrogen (secondary N) is 1. The molecule has 5 nitrogen and oxygen atoms in total. The average Bonchev–Trinajstić information content (AvgIpc) is 2.68. The number of nitriles is 1. The van der Waals surface area contributed by atoms with Crippen LogP contribution in [0.25, 0.3) is 0 Å². The number of allylic oxidation sites excluding steroid dienone is 1. The molecular weight excluding hydrogens is 364 g/mol. The standard InChI is InChI=1S/C21H21ClN2O3/c1-4-6-15-11-16(22)12-18(20(15)27-5-2)19(21(25)26-3)24-17-9-7-14(13-23)8-10-17/h4,7-12,19,24H,1,5-6H2,2-3H3. The molecule has 0 radical (unpaired) electrons. The highest BCUT2D eigenvalue weighted by atomic mass is 35.5. The fourth-order valence-electron chi connectivity index (χ4n) is 2.70. The third kappa shape index (κ3) is 5.02. The quantitative estimate of drug-likeness (QED) is 0.529. The van der Waals surface area contributed by atoms with Gasteiger partial charge in [0.15, 0.2) is 6.04 Å². The molecule has 0 spiro atoms. The minimum atomic E-state index is -0.827. The van der Waals surface area contributed by atoms with E-state index in [0.717, 1.165) is 5.56 Å². The van der Waals surface area contributed by atoms with Gasteiger partial charge in [0.25, 0.3) is 0 Å². The van der Waals surface area contributed by atoms with E-state index in [1.165, 1.54) is 7.11 Å². The van der Waals surface area contributed by atoms with E-state index in [2.05, 4.69) is 18.0 Å². The molecule has 2 aromatic rings. The summed E-state index contributed by atoms with van der Waals surface area (Å²) in [4.78, 5) is 12.5. The number of hydrogen-bond donors (Lipinski definition) is 1. The Morgan fingerprint density at radius 2 is 2.07 bits per heavy atom. The molecule has 0 amide bonds. The molecule has 2 rings (SSSR count). The van der Waals surface area contributed by atoms with Gasteiger partial charge in [0, 0.05) is 16.3 Å². The zero-order valence-corrected chi connectivity index (χ0v) is 16.0. The van der Waals surface area contributed by atoms with Crippen LogP contribution >= 0.6 is 11.6 Å². The monoisotopic (exact) mass is 384 g/mol. The second-order valence-electron chi connectivity index (χ2n) is 5.70. The molecule has 0 saturated heterocycles. The molecule has 6 heteroatoms. The SMILES string of the molecule is C=CCc1cc(Cl)cc(C(Nc2ccc(C#N)cc2)C(=O)OC)c1OCC. The van der Waals surface area contributed by atoms with Gasteiger partial charge in [-0.15, -0.1) is 6.58 Å². The normalized spacial score (nSPS) is 11.2. The Kier molecular flexibility index (Phi) is 7.27. The molecule has 0 aliphatic rings. The number of halogens is 1. The summed E-state index contributed by atoms with van der Waals surface area (Å²) in [5, 5.41) is 12.6. The van der Waals surface area contributed by atoms with Crippen LogP contribution in [0.3, 0.4) is 0 Å². The third-order valence-corrected chi connectivity index (χ3v) is 4.10. The highest BCUT2D eigenvalue weighted by Crippen LogP contribution is 2.35. The minimum absolute atomic E-state index is 0.434. The van der Waals surface area contributed by atoms with Gasteiger partial charge in [-0.1, -0.05) is 17.7 Å². The zero-order valence-electron chi connectivity index (χ0n) is 15.3. The van der Waals surface area contributed by atoms with Crippen LogP contribution in [0.1, 0.15) is 29.7 Å². The molecule has 1 N–H and O–H groups in total. The Bertz CT molecular complexity index is 857. The van der Waals surface area contributed by atoms with E-state index < -0.39 is 12.0 Å². The fourth-order valence-corrected chi connectivity index (χ4v) is 2.95. The molecular formula is C21H21ClN2O3. The van der Waals surface area contributed by atoms with E-state index in [4.69, 9.17) is 26.3 Å². The number of nitrogens with zero attached hydrogens (tertiary/aromatic N) is 1. The van der Waals surface area contributed by atoms with Gasteiger partial charge in [0.2, 0.25) is 0 Å².